The Morgan fingerprint density at radius 2 is 2.00 bits per heavy atom. The lowest BCUT2D eigenvalue weighted by atomic mass is 9.62. The molecule has 0 aliphatic heterocycles. The summed E-state index contributed by atoms with van der Waals surface area (Å²) in [5.41, 5.74) is 0.217. The van der Waals surface area contributed by atoms with Crippen molar-refractivity contribution in [3.63, 3.8) is 0 Å². The molecule has 0 aromatic carbocycles. The van der Waals surface area contributed by atoms with Crippen LogP contribution in [0.2, 0.25) is 0 Å². The quantitative estimate of drug-likeness (QED) is 0.442. The Morgan fingerprint density at radius 1 is 1.25 bits per heavy atom. The van der Waals surface area contributed by atoms with Crippen molar-refractivity contribution < 1.29 is 9.53 Å². The molecule has 4 rings (SSSR count). The number of hydrogen-bond donors (Lipinski definition) is 0. The summed E-state index contributed by atoms with van der Waals surface area (Å²) < 4.78 is 5.35. The molecule has 0 heterocycles. The van der Waals surface area contributed by atoms with Gasteiger partial charge in [0.1, 0.15) is 0 Å². The van der Waals surface area contributed by atoms with Crippen LogP contribution in [0.5, 0.6) is 0 Å². The zero-order valence-electron chi connectivity index (χ0n) is 12.7. The summed E-state index contributed by atoms with van der Waals surface area (Å²) in [6, 6.07) is 0. The summed E-state index contributed by atoms with van der Waals surface area (Å²) in [5, 5.41) is 0. The first kappa shape index (κ1) is 12.9. The minimum atomic E-state index is 0.0390. The number of esters is 1. The molecule has 2 nitrogen and oxygen atoms in total. The van der Waals surface area contributed by atoms with E-state index in [1.54, 1.807) is 0 Å². The molecule has 0 aromatic rings. The third-order valence-corrected chi connectivity index (χ3v) is 6.79. The van der Waals surface area contributed by atoms with Crippen LogP contribution in [-0.2, 0) is 9.53 Å². The third-order valence-electron chi connectivity index (χ3n) is 6.79. The number of carbonyl (C=O) groups excluding carboxylic acids is 1. The van der Waals surface area contributed by atoms with E-state index in [-0.39, 0.29) is 11.4 Å². The monoisotopic (exact) mass is 274 g/mol. The molecular formula is C18H26O2. The third kappa shape index (κ3) is 1.66. The highest BCUT2D eigenvalue weighted by Gasteiger charge is 2.64. The lowest BCUT2D eigenvalue weighted by molar-refractivity contribution is -0.147. The highest BCUT2D eigenvalue weighted by atomic mass is 16.5. The van der Waals surface area contributed by atoms with Crippen LogP contribution in [0.1, 0.15) is 46.0 Å². The molecule has 7 unspecified atom stereocenters. The maximum absolute atomic E-state index is 12.1. The van der Waals surface area contributed by atoms with E-state index in [0.29, 0.717) is 13.0 Å². The van der Waals surface area contributed by atoms with Crippen LogP contribution in [0.4, 0.5) is 0 Å². The molecule has 0 spiro atoms. The van der Waals surface area contributed by atoms with E-state index >= 15 is 0 Å². The van der Waals surface area contributed by atoms with Crippen molar-refractivity contribution >= 4 is 5.97 Å². The molecule has 0 amide bonds. The number of rotatable bonds is 4. The summed E-state index contributed by atoms with van der Waals surface area (Å²) in [5.74, 6) is 5.23. The van der Waals surface area contributed by atoms with Gasteiger partial charge in [-0.2, -0.15) is 0 Å². The number of carbonyl (C=O) groups is 1. The van der Waals surface area contributed by atoms with E-state index in [2.05, 4.69) is 26.0 Å². The summed E-state index contributed by atoms with van der Waals surface area (Å²) in [4.78, 5) is 12.1. The molecule has 4 aliphatic carbocycles. The first-order valence-corrected chi connectivity index (χ1v) is 8.46. The normalized spacial score (nSPS) is 50.7. The molecule has 20 heavy (non-hydrogen) atoms. The molecule has 4 bridgehead atoms. The van der Waals surface area contributed by atoms with Crippen LogP contribution in [0.15, 0.2) is 12.2 Å². The van der Waals surface area contributed by atoms with E-state index in [0.717, 1.165) is 41.9 Å². The summed E-state index contributed by atoms with van der Waals surface area (Å²) in [7, 11) is 0. The van der Waals surface area contributed by atoms with Gasteiger partial charge in [0.25, 0.3) is 0 Å². The molecule has 0 saturated heterocycles. The van der Waals surface area contributed by atoms with Crippen molar-refractivity contribution in [3.8, 4) is 0 Å². The smallest absolute Gasteiger partial charge is 0.306 e. The van der Waals surface area contributed by atoms with Gasteiger partial charge in [0.2, 0.25) is 0 Å². The number of allylic oxidation sites excluding steroid dienone is 2. The summed E-state index contributed by atoms with van der Waals surface area (Å²) in [6.45, 7) is 5.00. The predicted octanol–water partition coefficient (Wildman–Crippen LogP) is 3.81. The van der Waals surface area contributed by atoms with Gasteiger partial charge in [-0.3, -0.25) is 4.79 Å². The lowest BCUT2D eigenvalue weighted by Gasteiger charge is -2.43. The van der Waals surface area contributed by atoms with Gasteiger partial charge in [-0.15, -0.1) is 0 Å². The second kappa shape index (κ2) is 4.35. The van der Waals surface area contributed by atoms with E-state index in [1.165, 1.54) is 19.3 Å². The Labute approximate surface area is 122 Å². The van der Waals surface area contributed by atoms with Crippen molar-refractivity contribution in [2.75, 3.05) is 6.61 Å². The summed E-state index contributed by atoms with van der Waals surface area (Å²) >= 11 is 0. The van der Waals surface area contributed by atoms with Crippen LogP contribution in [0.3, 0.4) is 0 Å². The molecule has 3 fully saturated rings. The van der Waals surface area contributed by atoms with E-state index in [9.17, 15) is 4.79 Å². The Morgan fingerprint density at radius 3 is 2.75 bits per heavy atom. The van der Waals surface area contributed by atoms with E-state index in [1.807, 2.05) is 0 Å². The predicted molar refractivity (Wildman–Crippen MR) is 77.9 cm³/mol. The van der Waals surface area contributed by atoms with Crippen LogP contribution >= 0.6 is 0 Å². The highest BCUT2D eigenvalue weighted by molar-refractivity contribution is 5.70. The average Bonchev–Trinajstić information content (AvgIpc) is 3.12. The van der Waals surface area contributed by atoms with Crippen molar-refractivity contribution in [1.29, 1.82) is 0 Å². The van der Waals surface area contributed by atoms with Crippen molar-refractivity contribution in [2.45, 2.75) is 46.0 Å². The van der Waals surface area contributed by atoms with Crippen LogP contribution in [-0.4, -0.2) is 12.6 Å². The standard InChI is InChI=1S/C18H26O2/c1-3-6-20-15(19)10-18(2)9-13-8-14(18)17-12-5-4-11(7-12)16(13)17/h4-5,11-14,16-17H,3,6-10H2,1-2H3. The number of ether oxygens (including phenoxy) is 1. The maximum Gasteiger partial charge on any atom is 0.306 e. The molecule has 3 saturated carbocycles. The Hall–Kier alpha value is -0.790. The van der Waals surface area contributed by atoms with Gasteiger partial charge in [-0.25, -0.2) is 0 Å². The van der Waals surface area contributed by atoms with Gasteiger partial charge >= 0.3 is 5.97 Å². The van der Waals surface area contributed by atoms with E-state index < -0.39 is 0 Å². The van der Waals surface area contributed by atoms with Crippen molar-refractivity contribution in [3.05, 3.63) is 12.2 Å². The minimum absolute atomic E-state index is 0.0390. The number of fused-ring (bicyclic) bond motifs is 9. The Kier molecular flexibility index (Phi) is 2.81. The van der Waals surface area contributed by atoms with Crippen molar-refractivity contribution in [1.82, 2.24) is 0 Å². The first-order chi connectivity index (χ1) is 9.62. The Balaban J connectivity index is 1.49. The molecule has 0 radical (unpaired) electrons. The first-order valence-electron chi connectivity index (χ1n) is 8.46. The van der Waals surface area contributed by atoms with Gasteiger partial charge in [0.15, 0.2) is 0 Å². The van der Waals surface area contributed by atoms with Crippen molar-refractivity contribution in [2.24, 2.45) is 40.9 Å². The van der Waals surface area contributed by atoms with E-state index in [4.69, 9.17) is 4.74 Å². The van der Waals surface area contributed by atoms with Crippen LogP contribution < -0.4 is 0 Å². The van der Waals surface area contributed by atoms with Crippen LogP contribution in [0, 0.1) is 40.9 Å². The average molecular weight is 274 g/mol. The topological polar surface area (TPSA) is 26.3 Å². The fourth-order valence-corrected chi connectivity index (χ4v) is 6.29. The van der Waals surface area contributed by atoms with Crippen LogP contribution in [0.25, 0.3) is 0 Å². The lowest BCUT2D eigenvalue weighted by Crippen LogP contribution is -2.38. The second-order valence-electron chi connectivity index (χ2n) is 7.96. The molecule has 0 aromatic heterocycles. The van der Waals surface area contributed by atoms with Gasteiger partial charge in [-0.05, 0) is 66.6 Å². The SMILES string of the molecule is CCCOC(=O)CC1(C)CC2CC1C1C3C=CC(C3)C21. The molecule has 7 atom stereocenters. The Bertz CT molecular complexity index is 454. The largest absolute Gasteiger partial charge is 0.466 e. The maximum atomic E-state index is 12.1. The van der Waals surface area contributed by atoms with Gasteiger partial charge in [-0.1, -0.05) is 26.0 Å². The number of hydrogen-bond acceptors (Lipinski definition) is 2. The molecule has 4 aliphatic rings. The highest BCUT2D eigenvalue weighted by Crippen LogP contribution is 2.71. The fourth-order valence-electron chi connectivity index (χ4n) is 6.29. The summed E-state index contributed by atoms with van der Waals surface area (Å²) in [6.07, 6.45) is 10.6. The zero-order valence-corrected chi connectivity index (χ0v) is 12.7. The zero-order chi connectivity index (χ0) is 13.9. The van der Waals surface area contributed by atoms with Gasteiger partial charge < -0.3 is 4.74 Å². The molecule has 0 N–H and O–H groups in total. The molecule has 2 heteroatoms. The second-order valence-corrected chi connectivity index (χ2v) is 7.96. The molecule has 110 valence electrons. The fraction of sp³-hybridized carbons (Fsp3) is 0.833. The molecular weight excluding hydrogens is 248 g/mol. The van der Waals surface area contributed by atoms with Gasteiger partial charge in [0.05, 0.1) is 13.0 Å². The van der Waals surface area contributed by atoms with Gasteiger partial charge in [0, 0.05) is 0 Å². The minimum Gasteiger partial charge on any atom is -0.466 e.